The van der Waals surface area contributed by atoms with Gasteiger partial charge in [0.1, 0.15) is 16.7 Å². The average molecular weight is 644 g/mol. The van der Waals surface area contributed by atoms with E-state index in [4.69, 9.17) is 4.99 Å². The Morgan fingerprint density at radius 1 is 0.956 bits per heavy atom. The molecule has 1 fully saturated rings. The number of aliphatic hydroxyl groups excluding tert-OH is 1. The number of likely N-dealkylation sites (N-methyl/N-ethyl adjacent to an activating group) is 2. The Labute approximate surface area is 266 Å². The van der Waals surface area contributed by atoms with Crippen LogP contribution in [0.4, 0.5) is 22.2 Å². The number of thiophene rings is 1. The number of hydrogen-bond acceptors (Lipinski definition) is 10. The second kappa shape index (κ2) is 12.3. The number of aryl methyl sites for hydroxylation is 1. The van der Waals surface area contributed by atoms with Crippen molar-refractivity contribution in [2.24, 2.45) is 4.99 Å². The fourth-order valence-corrected chi connectivity index (χ4v) is 7.62. The number of anilines is 3. The molecular formula is C32H33N7O4S2. The second-order valence-corrected chi connectivity index (χ2v) is 14.0. The average Bonchev–Trinajstić information content (AvgIpc) is 3.33. The van der Waals surface area contributed by atoms with Crippen LogP contribution < -0.4 is 10.6 Å². The molecule has 0 radical (unpaired) electrons. The van der Waals surface area contributed by atoms with Crippen LogP contribution in [0.15, 0.2) is 94.6 Å². The third kappa shape index (κ3) is 6.01. The van der Waals surface area contributed by atoms with Crippen LogP contribution in [0.2, 0.25) is 0 Å². The number of amides is 1. The van der Waals surface area contributed by atoms with Crippen LogP contribution in [0.25, 0.3) is 5.76 Å². The number of aliphatic hydroxyl groups is 1. The van der Waals surface area contributed by atoms with Crippen molar-refractivity contribution in [2.45, 2.75) is 11.8 Å². The lowest BCUT2D eigenvalue weighted by molar-refractivity contribution is -0.113. The number of hydrogen-bond donors (Lipinski definition) is 3. The van der Waals surface area contributed by atoms with Gasteiger partial charge in [-0.3, -0.25) is 9.10 Å². The van der Waals surface area contributed by atoms with Crippen LogP contribution >= 0.6 is 11.3 Å². The molecule has 3 aliphatic rings. The quantitative estimate of drug-likeness (QED) is 0.278. The number of sulfonamides is 1. The van der Waals surface area contributed by atoms with Gasteiger partial charge in [0, 0.05) is 49.9 Å². The number of aliphatic imine (C=N–C) groups is 1. The molecule has 5 heterocycles. The van der Waals surface area contributed by atoms with Gasteiger partial charge < -0.3 is 25.5 Å². The highest BCUT2D eigenvalue weighted by molar-refractivity contribution is 7.89. The Balaban J connectivity index is 0.000000159. The minimum Gasteiger partial charge on any atom is -0.505 e. The van der Waals surface area contributed by atoms with E-state index in [1.54, 1.807) is 41.7 Å². The minimum absolute atomic E-state index is 0.0469. The molecule has 45 heavy (non-hydrogen) atoms. The fraction of sp³-hybridized carbons (Fsp3) is 0.219. The summed E-state index contributed by atoms with van der Waals surface area (Å²) in [5.74, 6) is 0.209. The summed E-state index contributed by atoms with van der Waals surface area (Å²) in [6.07, 6.45) is 1.49. The molecule has 13 heteroatoms. The Kier molecular flexibility index (Phi) is 8.32. The number of aromatic nitrogens is 1. The lowest BCUT2D eigenvalue weighted by Gasteiger charge is -2.34. The smallest absolute Gasteiger partial charge is 0.277 e. The molecule has 7 rings (SSSR count). The van der Waals surface area contributed by atoms with Gasteiger partial charge in [-0.25, -0.2) is 18.4 Å². The van der Waals surface area contributed by atoms with Crippen molar-refractivity contribution in [1.82, 2.24) is 19.1 Å². The number of nitrogens with one attached hydrogen (secondary N) is 2. The number of pyridine rings is 1. The predicted molar refractivity (Wildman–Crippen MR) is 178 cm³/mol. The Morgan fingerprint density at radius 3 is 2.42 bits per heavy atom. The lowest BCUT2D eigenvalue weighted by atomic mass is 10.1. The largest absolute Gasteiger partial charge is 0.505 e. The number of rotatable bonds is 2. The highest BCUT2D eigenvalue weighted by Crippen LogP contribution is 2.39. The first-order valence-corrected chi connectivity index (χ1v) is 16.6. The van der Waals surface area contributed by atoms with Gasteiger partial charge in [-0.15, -0.1) is 11.3 Å². The molecule has 1 amide bonds. The lowest BCUT2D eigenvalue weighted by Crippen LogP contribution is -2.47. The molecule has 3 N–H and O–H groups in total. The van der Waals surface area contributed by atoms with Gasteiger partial charge in [-0.2, -0.15) is 0 Å². The van der Waals surface area contributed by atoms with Gasteiger partial charge in [0.05, 0.1) is 21.8 Å². The maximum atomic E-state index is 12.5. The molecule has 0 saturated carbocycles. The molecule has 2 aromatic heterocycles. The number of carbonyl (C=O) groups excluding carboxylic acids is 1. The summed E-state index contributed by atoms with van der Waals surface area (Å²) in [7, 11) is -0.505. The highest BCUT2D eigenvalue weighted by Gasteiger charge is 2.37. The number of carbonyl (C=O) groups is 1. The Morgan fingerprint density at radius 2 is 1.67 bits per heavy atom. The second-order valence-electron chi connectivity index (χ2n) is 10.8. The molecule has 0 atom stereocenters. The van der Waals surface area contributed by atoms with Gasteiger partial charge >= 0.3 is 0 Å². The summed E-state index contributed by atoms with van der Waals surface area (Å²) < 4.78 is 25.8. The molecule has 232 valence electrons. The Hall–Kier alpha value is -4.72. The molecule has 0 aliphatic carbocycles. The SMILES string of the molecule is CN1C(C(=O)Nc2ccccn2)=C(O)c2ccccc2S1(=O)=O.Cc1cc2c(s1)Nc1ccccc1N=C2N1CCN(C)CC1. The van der Waals surface area contributed by atoms with Crippen LogP contribution in [0.5, 0.6) is 0 Å². The molecule has 1 saturated heterocycles. The van der Waals surface area contributed by atoms with E-state index in [9.17, 15) is 18.3 Å². The molecular weight excluding hydrogens is 611 g/mol. The van der Waals surface area contributed by atoms with Gasteiger partial charge in [-0.1, -0.05) is 30.3 Å². The van der Waals surface area contributed by atoms with Crippen molar-refractivity contribution in [1.29, 1.82) is 0 Å². The van der Waals surface area contributed by atoms with E-state index >= 15 is 0 Å². The topological polar surface area (TPSA) is 130 Å². The normalized spacial score (nSPS) is 17.0. The first-order chi connectivity index (χ1) is 21.6. The third-order valence-corrected chi connectivity index (χ3v) is 10.5. The standard InChI is InChI=1S/C17H20N4S.C15H13N3O4S/c1-12-11-13-16(21-9-7-20(2)8-10-21)18-14-5-3-4-6-15(14)19-17(13)22-12;1-18-13(15(20)17-12-8-4-5-9-16-12)14(19)10-6-2-3-7-11(10)23(18,21)22/h3-6,11,19H,7-10H2,1-2H3;2-9,19H,1H3,(H,16,17,20). The van der Waals surface area contributed by atoms with Crippen molar-refractivity contribution in [3.8, 4) is 0 Å². The summed E-state index contributed by atoms with van der Waals surface area (Å²) >= 11 is 1.81. The number of amidine groups is 1. The van der Waals surface area contributed by atoms with E-state index in [1.165, 1.54) is 40.8 Å². The Bertz CT molecular complexity index is 1910. The van der Waals surface area contributed by atoms with Crippen LogP contribution in [0.3, 0.4) is 0 Å². The summed E-state index contributed by atoms with van der Waals surface area (Å²) in [5, 5.41) is 17.6. The summed E-state index contributed by atoms with van der Waals surface area (Å²) in [6.45, 7) is 6.41. The van der Waals surface area contributed by atoms with Gasteiger partial charge in [0.25, 0.3) is 15.9 Å². The summed E-state index contributed by atoms with van der Waals surface area (Å²) in [5.41, 5.74) is 3.10. The zero-order valence-electron chi connectivity index (χ0n) is 25.1. The van der Waals surface area contributed by atoms with E-state index in [1.807, 2.05) is 0 Å². The summed E-state index contributed by atoms with van der Waals surface area (Å²) in [6, 6.07) is 21.4. The van der Waals surface area contributed by atoms with Crippen molar-refractivity contribution in [3.63, 3.8) is 0 Å². The van der Waals surface area contributed by atoms with Crippen molar-refractivity contribution >= 4 is 61.1 Å². The number of benzene rings is 2. The minimum atomic E-state index is -3.91. The fourth-order valence-electron chi connectivity index (χ4n) is 5.30. The molecule has 2 aromatic carbocycles. The van der Waals surface area contributed by atoms with E-state index in [0.29, 0.717) is 0 Å². The van der Waals surface area contributed by atoms with Gasteiger partial charge in [0.2, 0.25) is 0 Å². The predicted octanol–water partition coefficient (Wildman–Crippen LogP) is 5.02. The summed E-state index contributed by atoms with van der Waals surface area (Å²) in [4.78, 5) is 27.4. The number of nitrogens with zero attached hydrogens (tertiary/aromatic N) is 5. The van der Waals surface area contributed by atoms with Crippen LogP contribution in [0.1, 0.15) is 16.0 Å². The van der Waals surface area contributed by atoms with Crippen molar-refractivity contribution < 1.29 is 18.3 Å². The highest BCUT2D eigenvalue weighted by atomic mass is 32.2. The van der Waals surface area contributed by atoms with Gasteiger partial charge in [0.15, 0.2) is 11.5 Å². The van der Waals surface area contributed by atoms with Crippen LogP contribution in [-0.4, -0.2) is 84.6 Å². The molecule has 0 bridgehead atoms. The van der Waals surface area contributed by atoms with Crippen LogP contribution in [-0.2, 0) is 14.8 Å². The van der Waals surface area contributed by atoms with Crippen LogP contribution in [0, 0.1) is 6.92 Å². The molecule has 11 nitrogen and oxygen atoms in total. The first-order valence-electron chi connectivity index (χ1n) is 14.4. The molecule has 4 aromatic rings. The van der Waals surface area contributed by atoms with Gasteiger partial charge in [-0.05, 0) is 56.4 Å². The van der Waals surface area contributed by atoms with Crippen molar-refractivity contribution in [2.75, 3.05) is 50.9 Å². The molecule has 0 spiro atoms. The number of fused-ring (bicyclic) bond motifs is 3. The number of para-hydroxylation sites is 2. The molecule has 3 aliphatic heterocycles. The first kappa shape index (κ1) is 30.3. The maximum absolute atomic E-state index is 12.5. The van der Waals surface area contributed by atoms with E-state index in [2.05, 4.69) is 69.7 Å². The van der Waals surface area contributed by atoms with E-state index in [0.717, 1.165) is 47.7 Å². The van der Waals surface area contributed by atoms with E-state index < -0.39 is 21.7 Å². The third-order valence-electron chi connectivity index (χ3n) is 7.72. The number of piperazine rings is 1. The van der Waals surface area contributed by atoms with E-state index in [-0.39, 0.29) is 22.0 Å². The monoisotopic (exact) mass is 643 g/mol. The maximum Gasteiger partial charge on any atom is 0.277 e. The zero-order chi connectivity index (χ0) is 31.7. The van der Waals surface area contributed by atoms with Crippen molar-refractivity contribution in [3.05, 3.63) is 101 Å². The molecule has 0 unspecified atom stereocenters. The zero-order valence-corrected chi connectivity index (χ0v) is 26.7.